The van der Waals surface area contributed by atoms with E-state index in [1.165, 1.54) is 32.1 Å². The minimum atomic E-state index is 0.884. The van der Waals surface area contributed by atoms with Gasteiger partial charge in [0.25, 0.3) is 0 Å². The largest absolute Gasteiger partial charge is 0.313 e. The third-order valence-corrected chi connectivity index (χ3v) is 2.40. The fourth-order valence-corrected chi connectivity index (χ4v) is 1.51. The van der Waals surface area contributed by atoms with Gasteiger partial charge in [0.05, 0.1) is 0 Å². The van der Waals surface area contributed by atoms with Crippen molar-refractivity contribution in [1.29, 1.82) is 0 Å². The van der Waals surface area contributed by atoms with Crippen molar-refractivity contribution in [2.45, 2.75) is 45.6 Å². The average molecular weight is 207 g/mol. The van der Waals surface area contributed by atoms with Crippen LogP contribution in [-0.4, -0.2) is 16.5 Å². The van der Waals surface area contributed by atoms with Gasteiger partial charge in [-0.1, -0.05) is 32.6 Å². The van der Waals surface area contributed by atoms with Crippen LogP contribution in [0, 0.1) is 0 Å². The van der Waals surface area contributed by atoms with Crippen molar-refractivity contribution >= 4 is 0 Å². The molecule has 0 bridgehead atoms. The molecule has 3 heteroatoms. The summed E-state index contributed by atoms with van der Waals surface area (Å²) in [5.41, 5.74) is 1.16. The van der Waals surface area contributed by atoms with E-state index in [0.717, 1.165) is 18.7 Å². The predicted molar refractivity (Wildman–Crippen MR) is 62.5 cm³/mol. The van der Waals surface area contributed by atoms with E-state index in [2.05, 4.69) is 22.2 Å². The molecular weight excluding hydrogens is 186 g/mol. The zero-order valence-electron chi connectivity index (χ0n) is 9.58. The van der Waals surface area contributed by atoms with E-state index in [4.69, 9.17) is 0 Å². The summed E-state index contributed by atoms with van der Waals surface area (Å²) in [6, 6.07) is 0. The molecule has 0 aliphatic rings. The molecule has 0 saturated carbocycles. The van der Waals surface area contributed by atoms with Crippen LogP contribution >= 0.6 is 0 Å². The molecule has 1 heterocycles. The molecule has 1 aromatic heterocycles. The molecule has 1 aromatic rings. The molecule has 0 amide bonds. The summed E-state index contributed by atoms with van der Waals surface area (Å²) in [4.78, 5) is 7.95. The topological polar surface area (TPSA) is 37.8 Å². The van der Waals surface area contributed by atoms with E-state index >= 15 is 0 Å². The highest BCUT2D eigenvalue weighted by Crippen LogP contribution is 2.01. The first-order valence-corrected chi connectivity index (χ1v) is 5.88. The van der Waals surface area contributed by atoms with Crippen molar-refractivity contribution in [2.24, 2.45) is 0 Å². The molecule has 0 aromatic carbocycles. The molecule has 84 valence electrons. The third kappa shape index (κ3) is 6.18. The molecule has 0 saturated heterocycles. The van der Waals surface area contributed by atoms with E-state index in [0.29, 0.717) is 0 Å². The standard InChI is InChI=1S/C12H21N3/c1-2-3-4-5-6-7-13-8-12-9-14-11-15-10-12/h9-11,13H,2-8H2,1H3. The SMILES string of the molecule is CCCCCCCNCc1cncnc1. The van der Waals surface area contributed by atoms with Gasteiger partial charge < -0.3 is 5.32 Å². The van der Waals surface area contributed by atoms with Gasteiger partial charge in [0.1, 0.15) is 6.33 Å². The van der Waals surface area contributed by atoms with Crippen LogP contribution in [0.2, 0.25) is 0 Å². The fraction of sp³-hybridized carbons (Fsp3) is 0.667. The number of nitrogens with one attached hydrogen (secondary N) is 1. The molecular formula is C12H21N3. The van der Waals surface area contributed by atoms with E-state index in [1.807, 2.05) is 12.4 Å². The van der Waals surface area contributed by atoms with Crippen LogP contribution < -0.4 is 5.32 Å². The highest BCUT2D eigenvalue weighted by Gasteiger charge is 1.92. The lowest BCUT2D eigenvalue weighted by Crippen LogP contribution is -2.14. The third-order valence-electron chi connectivity index (χ3n) is 2.40. The minimum absolute atomic E-state index is 0.884. The van der Waals surface area contributed by atoms with Gasteiger partial charge in [0.2, 0.25) is 0 Å². The van der Waals surface area contributed by atoms with E-state index in [-0.39, 0.29) is 0 Å². The number of aromatic nitrogens is 2. The lowest BCUT2D eigenvalue weighted by molar-refractivity contribution is 0.582. The molecule has 0 aliphatic heterocycles. The number of hydrogen-bond acceptors (Lipinski definition) is 3. The molecule has 0 fully saturated rings. The monoisotopic (exact) mass is 207 g/mol. The Balaban J connectivity index is 1.93. The molecule has 3 nitrogen and oxygen atoms in total. The molecule has 0 spiro atoms. The number of rotatable bonds is 8. The number of hydrogen-bond donors (Lipinski definition) is 1. The smallest absolute Gasteiger partial charge is 0.115 e. The summed E-state index contributed by atoms with van der Waals surface area (Å²) in [5.74, 6) is 0. The van der Waals surface area contributed by atoms with Crippen LogP contribution in [0.3, 0.4) is 0 Å². The van der Waals surface area contributed by atoms with Crippen molar-refractivity contribution in [2.75, 3.05) is 6.54 Å². The Morgan fingerprint density at radius 1 is 1.07 bits per heavy atom. The minimum Gasteiger partial charge on any atom is -0.313 e. The zero-order chi connectivity index (χ0) is 10.8. The Morgan fingerprint density at radius 3 is 2.53 bits per heavy atom. The maximum absolute atomic E-state index is 3.97. The Kier molecular flexibility index (Phi) is 6.75. The predicted octanol–water partition coefficient (Wildman–Crippen LogP) is 2.54. The first-order chi connectivity index (χ1) is 7.43. The van der Waals surface area contributed by atoms with Crippen LogP contribution in [-0.2, 0) is 6.54 Å². The van der Waals surface area contributed by atoms with Gasteiger partial charge in [0.15, 0.2) is 0 Å². The van der Waals surface area contributed by atoms with Gasteiger partial charge in [-0.05, 0) is 13.0 Å². The summed E-state index contributed by atoms with van der Waals surface area (Å²) in [6.07, 6.45) is 11.9. The maximum atomic E-state index is 3.97. The second-order valence-corrected chi connectivity index (χ2v) is 3.84. The van der Waals surface area contributed by atoms with Crippen molar-refractivity contribution in [3.8, 4) is 0 Å². The summed E-state index contributed by atoms with van der Waals surface area (Å²) in [5, 5.41) is 3.40. The lowest BCUT2D eigenvalue weighted by atomic mass is 10.1. The molecule has 1 N–H and O–H groups in total. The lowest BCUT2D eigenvalue weighted by Gasteiger charge is -2.03. The van der Waals surface area contributed by atoms with Crippen LogP contribution in [0.25, 0.3) is 0 Å². The second kappa shape index (κ2) is 8.36. The normalized spacial score (nSPS) is 10.5. The second-order valence-electron chi connectivity index (χ2n) is 3.84. The van der Waals surface area contributed by atoms with Crippen LogP contribution in [0.1, 0.15) is 44.6 Å². The highest BCUT2D eigenvalue weighted by atomic mass is 14.9. The Bertz CT molecular complexity index is 236. The first-order valence-electron chi connectivity index (χ1n) is 5.88. The Labute approximate surface area is 92.3 Å². The van der Waals surface area contributed by atoms with E-state index in [9.17, 15) is 0 Å². The zero-order valence-corrected chi connectivity index (χ0v) is 9.58. The molecule has 0 aliphatic carbocycles. The van der Waals surface area contributed by atoms with E-state index < -0.39 is 0 Å². The van der Waals surface area contributed by atoms with E-state index in [1.54, 1.807) is 6.33 Å². The van der Waals surface area contributed by atoms with Gasteiger partial charge in [-0.2, -0.15) is 0 Å². The highest BCUT2D eigenvalue weighted by molar-refractivity contribution is 5.01. The van der Waals surface area contributed by atoms with Crippen LogP contribution in [0.5, 0.6) is 0 Å². The van der Waals surface area contributed by atoms with Crippen molar-refractivity contribution in [1.82, 2.24) is 15.3 Å². The van der Waals surface area contributed by atoms with Crippen LogP contribution in [0.4, 0.5) is 0 Å². The van der Waals surface area contributed by atoms with Crippen molar-refractivity contribution in [3.05, 3.63) is 24.3 Å². The van der Waals surface area contributed by atoms with Gasteiger partial charge in [0, 0.05) is 24.5 Å². The summed E-state index contributed by atoms with van der Waals surface area (Å²) >= 11 is 0. The first kappa shape index (κ1) is 12.1. The average Bonchev–Trinajstić information content (AvgIpc) is 2.29. The summed E-state index contributed by atoms with van der Waals surface area (Å²) in [6.45, 7) is 4.22. The molecule has 0 atom stereocenters. The molecule has 0 radical (unpaired) electrons. The van der Waals surface area contributed by atoms with Crippen LogP contribution in [0.15, 0.2) is 18.7 Å². The van der Waals surface area contributed by atoms with Crippen molar-refractivity contribution in [3.63, 3.8) is 0 Å². The number of nitrogens with zero attached hydrogens (tertiary/aromatic N) is 2. The molecule has 0 unspecified atom stereocenters. The van der Waals surface area contributed by atoms with Gasteiger partial charge in [-0.15, -0.1) is 0 Å². The number of unbranched alkanes of at least 4 members (excludes halogenated alkanes) is 4. The van der Waals surface area contributed by atoms with Gasteiger partial charge in [-0.3, -0.25) is 0 Å². The summed E-state index contributed by atoms with van der Waals surface area (Å²) < 4.78 is 0. The summed E-state index contributed by atoms with van der Waals surface area (Å²) in [7, 11) is 0. The molecule has 1 rings (SSSR count). The van der Waals surface area contributed by atoms with Crippen molar-refractivity contribution < 1.29 is 0 Å². The Hall–Kier alpha value is -0.960. The van der Waals surface area contributed by atoms with Gasteiger partial charge in [-0.25, -0.2) is 9.97 Å². The fourth-order valence-electron chi connectivity index (χ4n) is 1.51. The quantitative estimate of drug-likeness (QED) is 0.666. The molecule has 15 heavy (non-hydrogen) atoms. The van der Waals surface area contributed by atoms with Gasteiger partial charge >= 0.3 is 0 Å². The Morgan fingerprint density at radius 2 is 1.80 bits per heavy atom. The maximum Gasteiger partial charge on any atom is 0.115 e.